The molecule has 0 saturated heterocycles. The van der Waals surface area contributed by atoms with Gasteiger partial charge in [0.05, 0.1) is 12.2 Å². The van der Waals surface area contributed by atoms with Crippen molar-refractivity contribution in [2.24, 2.45) is 14.1 Å². The van der Waals surface area contributed by atoms with Crippen LogP contribution in [0.15, 0.2) is 6.33 Å². The van der Waals surface area contributed by atoms with Gasteiger partial charge in [-0.25, -0.2) is 0 Å². The third-order valence-corrected chi connectivity index (χ3v) is 3.37. The zero-order chi connectivity index (χ0) is 13.3. The maximum absolute atomic E-state index is 4.44. The monoisotopic (exact) mass is 248 g/mol. The van der Waals surface area contributed by atoms with E-state index in [0.29, 0.717) is 6.54 Å². The van der Waals surface area contributed by atoms with Gasteiger partial charge >= 0.3 is 0 Å². The first-order valence-electron chi connectivity index (χ1n) is 6.07. The Bertz CT molecular complexity index is 539. The average molecular weight is 248 g/mol. The molecule has 0 amide bonds. The molecular formula is C12H20N6. The summed E-state index contributed by atoms with van der Waals surface area (Å²) in [6.07, 6.45) is 1.71. The molecule has 2 aromatic rings. The maximum Gasteiger partial charge on any atom is 0.146 e. The molecule has 1 N–H and O–H groups in total. The van der Waals surface area contributed by atoms with Crippen molar-refractivity contribution < 1.29 is 0 Å². The Morgan fingerprint density at radius 3 is 2.56 bits per heavy atom. The van der Waals surface area contributed by atoms with E-state index in [1.165, 1.54) is 11.3 Å². The Labute approximate surface area is 107 Å². The van der Waals surface area contributed by atoms with Crippen LogP contribution in [0.5, 0.6) is 0 Å². The largest absolute Gasteiger partial charge is 0.320 e. The molecule has 0 aromatic carbocycles. The predicted molar refractivity (Wildman–Crippen MR) is 68.9 cm³/mol. The van der Waals surface area contributed by atoms with Gasteiger partial charge in [0.1, 0.15) is 12.2 Å². The lowest BCUT2D eigenvalue weighted by Gasteiger charge is -2.14. The molecule has 0 aliphatic heterocycles. The normalized spacial score (nSPS) is 12.9. The Morgan fingerprint density at radius 1 is 1.33 bits per heavy atom. The van der Waals surface area contributed by atoms with Gasteiger partial charge in [0.25, 0.3) is 0 Å². The van der Waals surface area contributed by atoms with Crippen LogP contribution in [0.4, 0.5) is 0 Å². The fraction of sp³-hybridized carbons (Fsp3) is 0.583. The minimum atomic E-state index is 0.246. The minimum Gasteiger partial charge on any atom is -0.320 e. The average Bonchev–Trinajstić information content (AvgIpc) is 2.81. The van der Waals surface area contributed by atoms with E-state index in [0.717, 1.165) is 11.5 Å². The number of nitrogens with one attached hydrogen (secondary N) is 1. The van der Waals surface area contributed by atoms with Crippen molar-refractivity contribution >= 4 is 0 Å². The smallest absolute Gasteiger partial charge is 0.146 e. The van der Waals surface area contributed by atoms with Crippen LogP contribution < -0.4 is 5.32 Å². The van der Waals surface area contributed by atoms with Crippen molar-refractivity contribution in [2.45, 2.75) is 33.4 Å². The van der Waals surface area contributed by atoms with Gasteiger partial charge in [-0.3, -0.25) is 4.68 Å². The number of nitrogens with zero attached hydrogens (tertiary/aromatic N) is 5. The van der Waals surface area contributed by atoms with Crippen molar-refractivity contribution in [3.8, 4) is 0 Å². The summed E-state index contributed by atoms with van der Waals surface area (Å²) < 4.78 is 3.84. The molecule has 0 aliphatic rings. The molecule has 2 heterocycles. The second-order valence-corrected chi connectivity index (χ2v) is 4.67. The van der Waals surface area contributed by atoms with Gasteiger partial charge in [0, 0.05) is 31.4 Å². The van der Waals surface area contributed by atoms with Crippen molar-refractivity contribution in [2.75, 3.05) is 0 Å². The first-order chi connectivity index (χ1) is 8.50. The fourth-order valence-electron chi connectivity index (χ4n) is 2.23. The van der Waals surface area contributed by atoms with Gasteiger partial charge in [-0.05, 0) is 20.8 Å². The Kier molecular flexibility index (Phi) is 3.47. The van der Waals surface area contributed by atoms with E-state index in [-0.39, 0.29) is 6.04 Å². The molecule has 0 fully saturated rings. The second-order valence-electron chi connectivity index (χ2n) is 4.67. The summed E-state index contributed by atoms with van der Waals surface area (Å²) in [5.74, 6) is 0.932. The van der Waals surface area contributed by atoms with Gasteiger partial charge in [-0.2, -0.15) is 5.10 Å². The van der Waals surface area contributed by atoms with E-state index in [4.69, 9.17) is 0 Å². The summed E-state index contributed by atoms with van der Waals surface area (Å²) in [6.45, 7) is 6.98. The van der Waals surface area contributed by atoms with Gasteiger partial charge in [0.2, 0.25) is 0 Å². The van der Waals surface area contributed by atoms with Crippen LogP contribution in [-0.2, 0) is 20.6 Å². The first-order valence-corrected chi connectivity index (χ1v) is 6.07. The van der Waals surface area contributed by atoms with Gasteiger partial charge < -0.3 is 9.88 Å². The highest BCUT2D eigenvalue weighted by molar-refractivity contribution is 5.27. The topological polar surface area (TPSA) is 60.6 Å². The van der Waals surface area contributed by atoms with Crippen LogP contribution in [0.25, 0.3) is 0 Å². The van der Waals surface area contributed by atoms with Crippen LogP contribution in [0.3, 0.4) is 0 Å². The van der Waals surface area contributed by atoms with Gasteiger partial charge in [-0.15, -0.1) is 10.2 Å². The van der Waals surface area contributed by atoms with E-state index in [1.54, 1.807) is 6.33 Å². The van der Waals surface area contributed by atoms with Crippen molar-refractivity contribution in [1.82, 2.24) is 29.9 Å². The maximum atomic E-state index is 4.44. The molecule has 6 nitrogen and oxygen atoms in total. The molecule has 0 spiro atoms. The molecule has 0 bridgehead atoms. The molecule has 2 aromatic heterocycles. The number of rotatable bonds is 4. The van der Waals surface area contributed by atoms with Crippen molar-refractivity contribution in [1.29, 1.82) is 0 Å². The first kappa shape index (κ1) is 12.8. The van der Waals surface area contributed by atoms with Crippen LogP contribution >= 0.6 is 0 Å². The highest BCUT2D eigenvalue weighted by Gasteiger charge is 2.16. The lowest BCUT2D eigenvalue weighted by atomic mass is 10.1. The lowest BCUT2D eigenvalue weighted by molar-refractivity contribution is 0.543. The Hall–Kier alpha value is -1.69. The standard InChI is InChI=1S/C12H20N6/c1-8(12-9(2)16-18(5)10(12)3)13-6-11-15-14-7-17(11)4/h7-8,13H,6H2,1-5H3. The number of aromatic nitrogens is 5. The SMILES string of the molecule is Cc1nn(C)c(C)c1C(C)NCc1nncn1C. The molecular weight excluding hydrogens is 228 g/mol. The quantitative estimate of drug-likeness (QED) is 0.877. The number of hydrogen-bond acceptors (Lipinski definition) is 4. The summed E-state index contributed by atoms with van der Waals surface area (Å²) in [7, 11) is 3.92. The van der Waals surface area contributed by atoms with Crippen LogP contribution in [-0.4, -0.2) is 24.5 Å². The van der Waals surface area contributed by atoms with E-state index in [9.17, 15) is 0 Å². The highest BCUT2D eigenvalue weighted by atomic mass is 15.3. The predicted octanol–water partition coefficient (Wildman–Crippen LogP) is 1.02. The lowest BCUT2D eigenvalue weighted by Crippen LogP contribution is -2.21. The molecule has 18 heavy (non-hydrogen) atoms. The number of hydrogen-bond donors (Lipinski definition) is 1. The zero-order valence-electron chi connectivity index (χ0n) is 11.6. The highest BCUT2D eigenvalue weighted by Crippen LogP contribution is 2.20. The summed E-state index contributed by atoms with van der Waals surface area (Å²) >= 11 is 0. The Balaban J connectivity index is 2.08. The third-order valence-electron chi connectivity index (χ3n) is 3.37. The van der Waals surface area contributed by atoms with Gasteiger partial charge in [-0.1, -0.05) is 0 Å². The van der Waals surface area contributed by atoms with E-state index in [1.807, 2.05) is 30.3 Å². The minimum absolute atomic E-state index is 0.246. The van der Waals surface area contributed by atoms with E-state index < -0.39 is 0 Å². The van der Waals surface area contributed by atoms with Crippen LogP contribution in [0.1, 0.15) is 35.7 Å². The van der Waals surface area contributed by atoms with Crippen LogP contribution in [0.2, 0.25) is 0 Å². The fourth-order valence-corrected chi connectivity index (χ4v) is 2.23. The Morgan fingerprint density at radius 2 is 2.06 bits per heavy atom. The second kappa shape index (κ2) is 4.89. The molecule has 6 heteroatoms. The summed E-state index contributed by atoms with van der Waals surface area (Å²) in [5.41, 5.74) is 3.54. The zero-order valence-corrected chi connectivity index (χ0v) is 11.6. The van der Waals surface area contributed by atoms with Crippen molar-refractivity contribution in [3.63, 3.8) is 0 Å². The molecule has 1 atom stereocenters. The third kappa shape index (κ3) is 2.28. The van der Waals surface area contributed by atoms with Crippen molar-refractivity contribution in [3.05, 3.63) is 29.1 Å². The summed E-state index contributed by atoms with van der Waals surface area (Å²) in [4.78, 5) is 0. The molecule has 0 aliphatic carbocycles. The van der Waals surface area contributed by atoms with E-state index in [2.05, 4.69) is 34.5 Å². The van der Waals surface area contributed by atoms with Crippen LogP contribution in [0, 0.1) is 13.8 Å². The van der Waals surface area contributed by atoms with Gasteiger partial charge in [0.15, 0.2) is 0 Å². The molecule has 2 rings (SSSR count). The summed E-state index contributed by atoms with van der Waals surface area (Å²) in [5, 5.41) is 15.8. The molecule has 0 saturated carbocycles. The molecule has 0 radical (unpaired) electrons. The van der Waals surface area contributed by atoms with E-state index >= 15 is 0 Å². The number of aryl methyl sites for hydroxylation is 3. The summed E-state index contributed by atoms with van der Waals surface area (Å²) in [6, 6.07) is 0.246. The molecule has 1 unspecified atom stereocenters. The molecule has 98 valence electrons.